The fourth-order valence-electron chi connectivity index (χ4n) is 1.82. The van der Waals surface area contributed by atoms with E-state index in [1.807, 2.05) is 13.0 Å². The second-order valence-electron chi connectivity index (χ2n) is 3.92. The zero-order valence-electron chi connectivity index (χ0n) is 9.86. The highest BCUT2D eigenvalue weighted by Gasteiger charge is 2.14. The Bertz CT molecular complexity index is 484. The molecule has 1 N–H and O–H groups in total. The van der Waals surface area contributed by atoms with Gasteiger partial charge < -0.3 is 5.32 Å². The van der Waals surface area contributed by atoms with Gasteiger partial charge in [-0.25, -0.2) is 4.39 Å². The predicted octanol–water partition coefficient (Wildman–Crippen LogP) is 3.33. The summed E-state index contributed by atoms with van der Waals surface area (Å²) in [5.74, 6) is -0.231. The molecule has 96 valence electrons. The van der Waals surface area contributed by atoms with Crippen LogP contribution >= 0.6 is 27.7 Å². The number of nitrogens with one attached hydrogen (secondary N) is 1. The molecule has 0 aliphatic carbocycles. The lowest BCUT2D eigenvalue weighted by molar-refractivity contribution is 0.537. The first-order valence-electron chi connectivity index (χ1n) is 5.65. The van der Waals surface area contributed by atoms with Crippen molar-refractivity contribution in [3.63, 3.8) is 0 Å². The molecule has 0 spiro atoms. The Labute approximate surface area is 118 Å². The van der Waals surface area contributed by atoms with Gasteiger partial charge in [-0.15, -0.1) is 0 Å². The van der Waals surface area contributed by atoms with Crippen molar-refractivity contribution in [2.24, 2.45) is 0 Å². The van der Waals surface area contributed by atoms with Crippen LogP contribution in [-0.4, -0.2) is 15.3 Å². The van der Waals surface area contributed by atoms with E-state index < -0.39 is 0 Å². The van der Waals surface area contributed by atoms with Crippen LogP contribution in [0.3, 0.4) is 0 Å². The molecule has 0 aliphatic heterocycles. The second kappa shape index (κ2) is 6.36. The predicted molar refractivity (Wildman–Crippen MR) is 74.1 cm³/mol. The Morgan fingerprint density at radius 3 is 2.89 bits per heavy atom. The van der Waals surface area contributed by atoms with Gasteiger partial charge in [-0.05, 0) is 36.7 Å². The lowest BCUT2D eigenvalue weighted by Crippen LogP contribution is -2.23. The number of rotatable bonds is 5. The van der Waals surface area contributed by atoms with Crippen LogP contribution in [0.15, 0.2) is 28.9 Å². The molecule has 0 saturated carbocycles. The monoisotopic (exact) mass is 329 g/mol. The summed E-state index contributed by atoms with van der Waals surface area (Å²) in [6.07, 6.45) is 2.45. The Morgan fingerprint density at radius 2 is 2.28 bits per heavy atom. The number of likely N-dealkylation sites (N-methyl/N-ethyl adjacent to an activating group) is 1. The van der Waals surface area contributed by atoms with Gasteiger partial charge in [0.05, 0.1) is 29.7 Å². The SMILES string of the molecule is CCNC(Cc1cc(F)cc(Br)c1)c1cnsn1. The molecule has 2 rings (SSSR count). The summed E-state index contributed by atoms with van der Waals surface area (Å²) in [6, 6.07) is 5.00. The number of benzene rings is 1. The standard InChI is InChI=1S/C12H13BrFN3S/c1-2-15-11(12-7-16-18-17-12)5-8-3-9(13)6-10(14)4-8/h3-4,6-7,11,15H,2,5H2,1H3. The van der Waals surface area contributed by atoms with Crippen LogP contribution in [0.2, 0.25) is 0 Å². The van der Waals surface area contributed by atoms with Crippen molar-refractivity contribution in [3.8, 4) is 0 Å². The van der Waals surface area contributed by atoms with Gasteiger partial charge in [0.25, 0.3) is 0 Å². The minimum atomic E-state index is -0.231. The zero-order chi connectivity index (χ0) is 13.0. The number of hydrogen-bond donors (Lipinski definition) is 1. The van der Waals surface area contributed by atoms with Crippen LogP contribution in [0.1, 0.15) is 24.2 Å². The van der Waals surface area contributed by atoms with Crippen molar-refractivity contribution < 1.29 is 4.39 Å². The van der Waals surface area contributed by atoms with E-state index in [0.29, 0.717) is 6.42 Å². The van der Waals surface area contributed by atoms with E-state index in [2.05, 4.69) is 30.0 Å². The molecule has 1 aromatic carbocycles. The lowest BCUT2D eigenvalue weighted by atomic mass is 10.0. The molecule has 3 nitrogen and oxygen atoms in total. The third-order valence-corrected chi connectivity index (χ3v) is 3.50. The number of aromatic nitrogens is 2. The van der Waals surface area contributed by atoms with E-state index >= 15 is 0 Å². The van der Waals surface area contributed by atoms with Crippen LogP contribution in [0, 0.1) is 5.82 Å². The van der Waals surface area contributed by atoms with Crippen LogP contribution in [-0.2, 0) is 6.42 Å². The fourth-order valence-corrected chi connectivity index (χ4v) is 2.80. The smallest absolute Gasteiger partial charge is 0.124 e. The lowest BCUT2D eigenvalue weighted by Gasteiger charge is -2.15. The molecule has 0 radical (unpaired) electrons. The second-order valence-corrected chi connectivity index (χ2v) is 5.40. The number of nitrogens with zero attached hydrogens (tertiary/aromatic N) is 2. The molecule has 2 aromatic rings. The van der Waals surface area contributed by atoms with Crippen molar-refractivity contribution in [2.45, 2.75) is 19.4 Å². The van der Waals surface area contributed by atoms with Crippen molar-refractivity contribution >= 4 is 27.7 Å². The van der Waals surface area contributed by atoms with Crippen molar-refractivity contribution in [1.82, 2.24) is 14.1 Å². The Balaban J connectivity index is 2.18. The molecule has 1 atom stereocenters. The van der Waals surface area contributed by atoms with E-state index in [1.54, 1.807) is 12.3 Å². The first kappa shape index (κ1) is 13.6. The van der Waals surface area contributed by atoms with E-state index in [1.165, 1.54) is 17.8 Å². The molecule has 1 heterocycles. The summed E-state index contributed by atoms with van der Waals surface area (Å²) in [5.41, 5.74) is 1.84. The maximum absolute atomic E-state index is 13.3. The molecular formula is C12H13BrFN3S. The summed E-state index contributed by atoms with van der Waals surface area (Å²) in [6.45, 7) is 2.87. The largest absolute Gasteiger partial charge is 0.309 e. The highest BCUT2D eigenvalue weighted by molar-refractivity contribution is 9.10. The highest BCUT2D eigenvalue weighted by Crippen LogP contribution is 2.21. The van der Waals surface area contributed by atoms with Crippen molar-refractivity contribution in [3.05, 3.63) is 45.9 Å². The summed E-state index contributed by atoms with van der Waals surface area (Å²) in [5, 5.41) is 3.34. The topological polar surface area (TPSA) is 37.8 Å². The van der Waals surface area contributed by atoms with Gasteiger partial charge in [0, 0.05) is 4.47 Å². The van der Waals surface area contributed by atoms with Crippen molar-refractivity contribution in [1.29, 1.82) is 0 Å². The summed E-state index contributed by atoms with van der Waals surface area (Å²) < 4.78 is 22.3. The number of hydrogen-bond acceptors (Lipinski definition) is 4. The van der Waals surface area contributed by atoms with E-state index in [0.717, 1.165) is 22.3 Å². The Kier molecular flexibility index (Phi) is 4.79. The minimum absolute atomic E-state index is 0.0717. The van der Waals surface area contributed by atoms with Gasteiger partial charge >= 0.3 is 0 Å². The van der Waals surface area contributed by atoms with Gasteiger partial charge in [0.15, 0.2) is 0 Å². The molecule has 0 amide bonds. The van der Waals surface area contributed by atoms with Crippen molar-refractivity contribution in [2.75, 3.05) is 6.54 Å². The molecule has 0 saturated heterocycles. The summed E-state index contributed by atoms with van der Waals surface area (Å²) in [4.78, 5) is 0. The van der Waals surface area contributed by atoms with E-state index in [9.17, 15) is 4.39 Å². The van der Waals surface area contributed by atoms with Gasteiger partial charge in [0.2, 0.25) is 0 Å². The molecule has 1 aromatic heterocycles. The van der Waals surface area contributed by atoms with E-state index in [4.69, 9.17) is 0 Å². The molecule has 0 bridgehead atoms. The maximum atomic E-state index is 13.3. The molecule has 18 heavy (non-hydrogen) atoms. The van der Waals surface area contributed by atoms with Gasteiger partial charge in [-0.3, -0.25) is 0 Å². The van der Waals surface area contributed by atoms with Gasteiger partial charge in [-0.2, -0.15) is 8.75 Å². The normalized spacial score (nSPS) is 12.6. The molecular weight excluding hydrogens is 317 g/mol. The molecule has 0 aliphatic rings. The van der Waals surface area contributed by atoms with Crippen LogP contribution < -0.4 is 5.32 Å². The van der Waals surface area contributed by atoms with Crippen LogP contribution in [0.5, 0.6) is 0 Å². The summed E-state index contributed by atoms with van der Waals surface area (Å²) in [7, 11) is 0. The molecule has 0 fully saturated rings. The Morgan fingerprint density at radius 1 is 1.44 bits per heavy atom. The van der Waals surface area contributed by atoms with Crippen LogP contribution in [0.25, 0.3) is 0 Å². The summed E-state index contributed by atoms with van der Waals surface area (Å²) >= 11 is 4.49. The molecule has 6 heteroatoms. The first-order chi connectivity index (χ1) is 8.69. The van der Waals surface area contributed by atoms with Gasteiger partial charge in [0.1, 0.15) is 5.82 Å². The third-order valence-electron chi connectivity index (χ3n) is 2.55. The number of halogens is 2. The minimum Gasteiger partial charge on any atom is -0.309 e. The Hall–Kier alpha value is -0.850. The van der Waals surface area contributed by atoms with Crippen LogP contribution in [0.4, 0.5) is 4.39 Å². The highest BCUT2D eigenvalue weighted by atomic mass is 79.9. The molecule has 1 unspecified atom stereocenters. The first-order valence-corrected chi connectivity index (χ1v) is 7.17. The fraction of sp³-hybridized carbons (Fsp3) is 0.333. The quantitative estimate of drug-likeness (QED) is 0.914. The zero-order valence-corrected chi connectivity index (χ0v) is 12.3. The maximum Gasteiger partial charge on any atom is 0.124 e. The van der Waals surface area contributed by atoms with Gasteiger partial charge in [-0.1, -0.05) is 22.9 Å². The average Bonchev–Trinajstić information content (AvgIpc) is 2.80. The average molecular weight is 330 g/mol. The van der Waals surface area contributed by atoms with E-state index in [-0.39, 0.29) is 11.9 Å². The third kappa shape index (κ3) is 3.57.